The first-order chi connectivity index (χ1) is 16.0. The Bertz CT molecular complexity index is 1270. The zero-order valence-corrected chi connectivity index (χ0v) is 17.8. The molecule has 3 aromatic rings. The summed E-state index contributed by atoms with van der Waals surface area (Å²) >= 11 is 0. The van der Waals surface area contributed by atoms with Gasteiger partial charge in [0.2, 0.25) is 11.8 Å². The highest BCUT2D eigenvalue weighted by Gasteiger charge is 2.40. The molecular weight excluding hydrogens is 458 g/mol. The quantitative estimate of drug-likeness (QED) is 0.450. The lowest BCUT2D eigenvalue weighted by atomic mass is 10.1. The number of fused-ring (bicyclic) bond motifs is 1. The van der Waals surface area contributed by atoms with Crippen molar-refractivity contribution in [1.82, 2.24) is 19.7 Å². The highest BCUT2D eigenvalue weighted by atomic mass is 19.4. The first kappa shape index (κ1) is 23.3. The van der Waals surface area contributed by atoms with Crippen LogP contribution in [0.3, 0.4) is 0 Å². The summed E-state index contributed by atoms with van der Waals surface area (Å²) in [6.07, 6.45) is -3.46. The molecule has 1 aromatic carbocycles. The molecule has 2 aromatic heterocycles. The molecule has 0 aliphatic carbocycles. The summed E-state index contributed by atoms with van der Waals surface area (Å²) < 4.78 is 54.3. The molecular formula is C22H19F4N5O3. The highest BCUT2D eigenvalue weighted by molar-refractivity contribution is 6.05. The molecule has 1 saturated heterocycles. The van der Waals surface area contributed by atoms with Gasteiger partial charge in [0.15, 0.2) is 5.78 Å². The summed E-state index contributed by atoms with van der Waals surface area (Å²) in [5, 5.41) is 7.01. The zero-order valence-electron chi connectivity index (χ0n) is 17.8. The fourth-order valence-corrected chi connectivity index (χ4v) is 3.93. The molecule has 12 heteroatoms. The van der Waals surface area contributed by atoms with Crippen LogP contribution in [0.25, 0.3) is 10.9 Å². The molecule has 0 bridgehead atoms. The number of benzene rings is 1. The van der Waals surface area contributed by atoms with E-state index in [1.807, 2.05) is 0 Å². The number of hydrogen-bond donors (Lipinski definition) is 1. The van der Waals surface area contributed by atoms with Gasteiger partial charge in [-0.25, -0.2) is 4.39 Å². The number of aromatic nitrogens is 3. The maximum absolute atomic E-state index is 14.2. The average Bonchev–Trinajstić information content (AvgIpc) is 3.35. The minimum Gasteiger partial charge on any atom is -0.326 e. The predicted molar refractivity (Wildman–Crippen MR) is 113 cm³/mol. The van der Waals surface area contributed by atoms with Crippen LogP contribution in [0.2, 0.25) is 0 Å². The normalized spacial score (nSPS) is 18.3. The van der Waals surface area contributed by atoms with Crippen LogP contribution in [0.15, 0.2) is 42.7 Å². The van der Waals surface area contributed by atoms with Crippen molar-refractivity contribution >= 4 is 34.2 Å². The van der Waals surface area contributed by atoms with Crippen molar-refractivity contribution in [1.29, 1.82) is 0 Å². The van der Waals surface area contributed by atoms with E-state index in [4.69, 9.17) is 0 Å². The van der Waals surface area contributed by atoms with Crippen LogP contribution in [0, 0.1) is 0 Å². The van der Waals surface area contributed by atoms with Gasteiger partial charge in [0.05, 0.1) is 23.8 Å². The molecule has 2 atom stereocenters. The van der Waals surface area contributed by atoms with Gasteiger partial charge in [-0.15, -0.1) is 0 Å². The second-order valence-corrected chi connectivity index (χ2v) is 7.92. The molecule has 2 amide bonds. The number of pyridine rings is 1. The minimum absolute atomic E-state index is 0.121. The monoisotopic (exact) mass is 477 g/mol. The van der Waals surface area contributed by atoms with E-state index in [2.05, 4.69) is 15.4 Å². The highest BCUT2D eigenvalue weighted by Crippen LogP contribution is 2.31. The maximum atomic E-state index is 14.2. The molecule has 34 heavy (non-hydrogen) atoms. The maximum Gasteiger partial charge on any atom is 0.416 e. The lowest BCUT2D eigenvalue weighted by Gasteiger charge is -2.24. The van der Waals surface area contributed by atoms with Crippen molar-refractivity contribution in [2.24, 2.45) is 0 Å². The third-order valence-corrected chi connectivity index (χ3v) is 5.50. The minimum atomic E-state index is -4.60. The standard InChI is InChI=1S/C22H19F4N5O3/c1-12(32)20-16-5-6-27-9-18(16)31(29-20)11-19(33)30-10-14(23)8-17(30)21(34)28-15-4-2-3-13(7-15)22(24,25)26/h2-7,9,14,17H,8,10-11H2,1H3,(H,28,34)/t14-,17+/m1/s1. The van der Waals surface area contributed by atoms with Crippen LogP contribution in [0.4, 0.5) is 23.2 Å². The van der Waals surface area contributed by atoms with E-state index >= 15 is 0 Å². The Labute approximate surface area is 190 Å². The Balaban J connectivity index is 1.54. The van der Waals surface area contributed by atoms with Crippen molar-refractivity contribution in [3.8, 4) is 0 Å². The largest absolute Gasteiger partial charge is 0.416 e. The molecule has 3 heterocycles. The Morgan fingerprint density at radius 3 is 2.68 bits per heavy atom. The first-order valence-electron chi connectivity index (χ1n) is 10.3. The molecule has 178 valence electrons. The Morgan fingerprint density at radius 1 is 1.21 bits per heavy atom. The molecule has 1 aliphatic rings. The lowest BCUT2D eigenvalue weighted by Crippen LogP contribution is -2.44. The number of anilines is 1. The zero-order chi connectivity index (χ0) is 24.6. The number of alkyl halides is 4. The Kier molecular flexibility index (Phi) is 6.07. The van der Waals surface area contributed by atoms with Crippen LogP contribution in [-0.2, 0) is 22.3 Å². The summed E-state index contributed by atoms with van der Waals surface area (Å²) in [4.78, 5) is 42.7. The van der Waals surface area contributed by atoms with Gasteiger partial charge >= 0.3 is 6.18 Å². The van der Waals surface area contributed by atoms with Gasteiger partial charge in [0, 0.05) is 30.6 Å². The van der Waals surface area contributed by atoms with E-state index < -0.39 is 35.8 Å². The Morgan fingerprint density at radius 2 is 1.97 bits per heavy atom. The van der Waals surface area contributed by atoms with E-state index in [-0.39, 0.29) is 36.7 Å². The number of ketones is 1. The molecule has 1 aliphatic heterocycles. The first-order valence-corrected chi connectivity index (χ1v) is 10.3. The number of amides is 2. The predicted octanol–water partition coefficient (Wildman–Crippen LogP) is 3.23. The van der Waals surface area contributed by atoms with Gasteiger partial charge < -0.3 is 10.2 Å². The number of hydrogen-bond acceptors (Lipinski definition) is 5. The molecule has 0 radical (unpaired) electrons. The topological polar surface area (TPSA) is 97.2 Å². The van der Waals surface area contributed by atoms with Gasteiger partial charge in [-0.3, -0.25) is 24.0 Å². The van der Waals surface area contributed by atoms with E-state index in [9.17, 15) is 31.9 Å². The lowest BCUT2D eigenvalue weighted by molar-refractivity contribution is -0.137. The van der Waals surface area contributed by atoms with Crippen molar-refractivity contribution in [2.75, 3.05) is 11.9 Å². The Hall–Kier alpha value is -3.83. The SMILES string of the molecule is CC(=O)c1nn(CC(=O)N2C[C@H](F)C[C@H]2C(=O)Nc2cccc(C(F)(F)F)c2)c2cnccc12. The van der Waals surface area contributed by atoms with Gasteiger partial charge in [-0.2, -0.15) is 18.3 Å². The molecule has 8 nitrogen and oxygen atoms in total. The van der Waals surface area contributed by atoms with Gasteiger partial charge in [-0.1, -0.05) is 6.07 Å². The summed E-state index contributed by atoms with van der Waals surface area (Å²) in [5.41, 5.74) is -0.505. The number of carbonyl (C=O) groups excluding carboxylic acids is 3. The second-order valence-electron chi connectivity index (χ2n) is 7.92. The molecule has 0 unspecified atom stereocenters. The van der Waals surface area contributed by atoms with Crippen molar-refractivity contribution in [2.45, 2.75) is 38.3 Å². The molecule has 0 saturated carbocycles. The number of rotatable bonds is 5. The number of carbonyl (C=O) groups is 3. The molecule has 1 N–H and O–H groups in total. The fraction of sp³-hybridized carbons (Fsp3) is 0.318. The van der Waals surface area contributed by atoms with Crippen LogP contribution < -0.4 is 5.32 Å². The summed E-state index contributed by atoms with van der Waals surface area (Å²) in [6.45, 7) is 0.600. The van der Waals surface area contributed by atoms with Crippen LogP contribution in [0.5, 0.6) is 0 Å². The number of Topliss-reactive ketones (excluding diaryl/α,β-unsaturated/α-hetero) is 1. The number of nitrogens with zero attached hydrogens (tertiary/aromatic N) is 4. The van der Waals surface area contributed by atoms with E-state index in [1.165, 1.54) is 30.1 Å². The van der Waals surface area contributed by atoms with Crippen molar-refractivity contribution in [3.63, 3.8) is 0 Å². The third kappa shape index (κ3) is 4.61. The van der Waals surface area contributed by atoms with Crippen molar-refractivity contribution in [3.05, 3.63) is 54.0 Å². The van der Waals surface area contributed by atoms with E-state index in [0.717, 1.165) is 23.1 Å². The average molecular weight is 477 g/mol. The summed E-state index contributed by atoms with van der Waals surface area (Å²) in [7, 11) is 0. The third-order valence-electron chi connectivity index (χ3n) is 5.50. The van der Waals surface area contributed by atoms with Crippen LogP contribution in [-0.4, -0.2) is 56.0 Å². The number of likely N-dealkylation sites (tertiary alicyclic amines) is 1. The number of halogens is 4. The van der Waals surface area contributed by atoms with Gasteiger partial charge in [0.25, 0.3) is 0 Å². The summed E-state index contributed by atoms with van der Waals surface area (Å²) in [5.74, 6) is -1.75. The smallest absolute Gasteiger partial charge is 0.326 e. The van der Waals surface area contributed by atoms with Gasteiger partial charge in [0.1, 0.15) is 24.5 Å². The molecule has 0 spiro atoms. The van der Waals surface area contributed by atoms with E-state index in [1.54, 1.807) is 6.07 Å². The summed E-state index contributed by atoms with van der Waals surface area (Å²) in [6, 6.07) is 4.39. The van der Waals surface area contributed by atoms with Crippen LogP contribution in [0.1, 0.15) is 29.4 Å². The van der Waals surface area contributed by atoms with Crippen LogP contribution >= 0.6 is 0 Å². The van der Waals surface area contributed by atoms with E-state index in [0.29, 0.717) is 10.9 Å². The second kappa shape index (κ2) is 8.84. The fourth-order valence-electron chi connectivity index (χ4n) is 3.93. The van der Waals surface area contributed by atoms with Crippen molar-refractivity contribution < 1.29 is 31.9 Å². The van der Waals surface area contributed by atoms with Gasteiger partial charge in [-0.05, 0) is 24.3 Å². The molecule has 1 fully saturated rings. The number of nitrogens with one attached hydrogen (secondary N) is 1. The molecule has 4 rings (SSSR count).